The third-order valence-electron chi connectivity index (χ3n) is 10.6. The molecule has 0 heterocycles. The molecule has 0 amide bonds. The second-order valence-electron chi connectivity index (χ2n) is 17.7. The molecule has 0 saturated carbocycles. The highest BCUT2D eigenvalue weighted by molar-refractivity contribution is 5.70. The summed E-state index contributed by atoms with van der Waals surface area (Å²) >= 11 is 0. The van der Waals surface area contributed by atoms with Gasteiger partial charge in [-0.25, -0.2) is 0 Å². The first-order valence-corrected chi connectivity index (χ1v) is 24.6. The van der Waals surface area contributed by atoms with Crippen molar-refractivity contribution in [2.24, 2.45) is 0 Å². The number of unbranched alkanes of at least 4 members (excludes halogenated alkanes) is 24. The first-order chi connectivity index (χ1) is 29.1. The van der Waals surface area contributed by atoms with Crippen molar-refractivity contribution in [1.29, 1.82) is 0 Å². The number of hydrogen-bond acceptors (Lipinski definition) is 8. The molecule has 0 aromatic heterocycles. The molecule has 0 aliphatic carbocycles. The van der Waals surface area contributed by atoms with E-state index in [9.17, 15) is 19.5 Å². The molecule has 2 atom stereocenters. The number of carboxylic acids is 1. The molecule has 0 rings (SSSR count). The van der Waals surface area contributed by atoms with Gasteiger partial charge < -0.3 is 33.3 Å². The summed E-state index contributed by atoms with van der Waals surface area (Å²) in [6.07, 6.45) is 46.1. The van der Waals surface area contributed by atoms with Crippen LogP contribution >= 0.6 is 0 Å². The summed E-state index contributed by atoms with van der Waals surface area (Å²) in [5.41, 5.74) is 0. The second-order valence-corrected chi connectivity index (χ2v) is 17.7. The van der Waals surface area contributed by atoms with Gasteiger partial charge >= 0.3 is 11.9 Å². The Kier molecular flexibility index (Phi) is 41.4. The number of nitrogens with zero attached hydrogens (tertiary/aromatic N) is 1. The van der Waals surface area contributed by atoms with Crippen LogP contribution in [0.3, 0.4) is 0 Å². The molecule has 0 fully saturated rings. The highest BCUT2D eigenvalue weighted by atomic mass is 16.7. The largest absolute Gasteiger partial charge is 0.545 e. The summed E-state index contributed by atoms with van der Waals surface area (Å²) in [6, 6.07) is 0. The van der Waals surface area contributed by atoms with Gasteiger partial charge in [0.25, 0.3) is 0 Å². The molecule has 0 aliphatic heterocycles. The lowest BCUT2D eigenvalue weighted by molar-refractivity contribution is -0.870. The van der Waals surface area contributed by atoms with Crippen molar-refractivity contribution >= 4 is 17.9 Å². The molecule has 2 unspecified atom stereocenters. The van der Waals surface area contributed by atoms with Crippen LogP contribution in [0.2, 0.25) is 0 Å². The van der Waals surface area contributed by atoms with Crippen molar-refractivity contribution in [2.45, 2.75) is 225 Å². The fourth-order valence-corrected chi connectivity index (χ4v) is 6.74. The zero-order chi connectivity index (χ0) is 44.2. The van der Waals surface area contributed by atoms with E-state index in [1.165, 1.54) is 116 Å². The Hall–Kier alpha value is -2.49. The Morgan fingerprint density at radius 1 is 0.500 bits per heavy atom. The maximum Gasteiger partial charge on any atom is 0.306 e. The third-order valence-corrected chi connectivity index (χ3v) is 10.6. The van der Waals surface area contributed by atoms with Crippen LogP contribution in [-0.2, 0) is 33.3 Å². The second kappa shape index (κ2) is 43.2. The number of carbonyl (C=O) groups excluding carboxylic acids is 3. The molecule has 9 nitrogen and oxygen atoms in total. The molecule has 60 heavy (non-hydrogen) atoms. The van der Waals surface area contributed by atoms with Gasteiger partial charge in [-0.2, -0.15) is 0 Å². The van der Waals surface area contributed by atoms with Crippen molar-refractivity contribution in [2.75, 3.05) is 47.5 Å². The van der Waals surface area contributed by atoms with Crippen molar-refractivity contribution in [3.63, 3.8) is 0 Å². The van der Waals surface area contributed by atoms with Crippen molar-refractivity contribution in [3.05, 3.63) is 36.5 Å². The number of carbonyl (C=O) groups is 3. The predicted molar refractivity (Wildman–Crippen MR) is 246 cm³/mol. The summed E-state index contributed by atoms with van der Waals surface area (Å²) in [6.45, 7) is 4.70. The number of hydrogen-bond donors (Lipinski definition) is 0. The van der Waals surface area contributed by atoms with Crippen molar-refractivity contribution < 1.29 is 42.9 Å². The maximum atomic E-state index is 12.8. The van der Waals surface area contributed by atoms with Gasteiger partial charge in [0.1, 0.15) is 13.2 Å². The number of quaternary nitrogens is 1. The minimum atomic E-state index is -1.62. The lowest BCUT2D eigenvalue weighted by Gasteiger charge is -2.26. The summed E-state index contributed by atoms with van der Waals surface area (Å²) in [7, 11) is 5.91. The number of aliphatic carboxylic acids is 1. The summed E-state index contributed by atoms with van der Waals surface area (Å²) < 4.78 is 22.6. The van der Waals surface area contributed by atoms with E-state index in [0.717, 1.165) is 64.2 Å². The van der Waals surface area contributed by atoms with Crippen LogP contribution in [0.5, 0.6) is 0 Å². The number of carboxylic acid groups (broad SMARTS) is 1. The monoisotopic (exact) mass is 848 g/mol. The fourth-order valence-electron chi connectivity index (χ4n) is 6.74. The molecule has 9 heteroatoms. The van der Waals surface area contributed by atoms with Crippen LogP contribution in [0, 0.1) is 0 Å². The number of rotatable bonds is 45. The topological polar surface area (TPSA) is 111 Å². The van der Waals surface area contributed by atoms with E-state index in [0.29, 0.717) is 17.4 Å². The highest BCUT2D eigenvalue weighted by Crippen LogP contribution is 2.15. The Labute approximate surface area is 369 Å². The molecular weight excluding hydrogens is 755 g/mol. The number of likely N-dealkylation sites (N-methyl/N-ethyl adjacent to an activating group) is 1. The molecule has 0 N–H and O–H groups in total. The van der Waals surface area contributed by atoms with Crippen molar-refractivity contribution in [1.82, 2.24) is 0 Å². The van der Waals surface area contributed by atoms with E-state index in [2.05, 4.69) is 50.3 Å². The van der Waals surface area contributed by atoms with Gasteiger partial charge in [0.15, 0.2) is 12.4 Å². The molecule has 0 aromatic carbocycles. The van der Waals surface area contributed by atoms with Gasteiger partial charge in [-0.1, -0.05) is 166 Å². The Morgan fingerprint density at radius 3 is 1.37 bits per heavy atom. The molecule has 0 saturated heterocycles. The van der Waals surface area contributed by atoms with Crippen molar-refractivity contribution in [3.8, 4) is 0 Å². The smallest absolute Gasteiger partial charge is 0.306 e. The minimum Gasteiger partial charge on any atom is -0.545 e. The van der Waals surface area contributed by atoms with E-state index in [-0.39, 0.29) is 38.6 Å². The quantitative estimate of drug-likeness (QED) is 0.0196. The molecule has 0 spiro atoms. The molecule has 0 bridgehead atoms. The van der Waals surface area contributed by atoms with Gasteiger partial charge in [-0.05, 0) is 70.6 Å². The van der Waals surface area contributed by atoms with Crippen LogP contribution in [-0.4, -0.2) is 82.3 Å². The van der Waals surface area contributed by atoms with E-state index in [1.807, 2.05) is 21.1 Å². The Balaban J connectivity index is 4.31. The number of esters is 2. The van der Waals surface area contributed by atoms with Gasteiger partial charge in [0, 0.05) is 12.8 Å². The SMILES string of the molecule is CCCCC/C=C\CCCCCCCC(=O)OCC(COC(OCC[N+](C)(C)C)C(=O)[O-])OC(=O)CCCCCCCCCCCCC/C=C\C/C=C\CCCCCCC. The van der Waals surface area contributed by atoms with Crippen LogP contribution in [0.4, 0.5) is 0 Å². The average Bonchev–Trinajstić information content (AvgIpc) is 3.21. The van der Waals surface area contributed by atoms with E-state index in [4.69, 9.17) is 18.9 Å². The first-order valence-electron chi connectivity index (χ1n) is 24.6. The number of ether oxygens (including phenoxy) is 4. The Morgan fingerprint density at radius 2 is 0.900 bits per heavy atom. The van der Waals surface area contributed by atoms with Gasteiger partial charge in [-0.15, -0.1) is 0 Å². The van der Waals surface area contributed by atoms with E-state index in [1.54, 1.807) is 0 Å². The zero-order valence-electron chi connectivity index (χ0n) is 39.6. The standard InChI is InChI=1S/C51H93NO8/c1-6-8-10-12-14-16-18-20-21-22-23-24-25-26-27-28-29-30-32-34-36-38-40-42-49(54)60-47(46-59-51(50(55)56)57-44-43-52(3,4)5)45-58-48(53)41-39-37-35-33-31-19-17-15-13-11-9-7-2/h15,17-18,20,22-23,47,51H,6-14,16,19,21,24-46H2,1-5H3/b17-15-,20-18-,23-22-. The van der Waals surface area contributed by atoms with E-state index < -0.39 is 24.3 Å². The number of allylic oxidation sites excluding steroid dienone is 6. The molecule has 0 aromatic rings. The van der Waals surface area contributed by atoms with E-state index >= 15 is 0 Å². The van der Waals surface area contributed by atoms with Gasteiger partial charge in [0.2, 0.25) is 0 Å². The normalized spacial score (nSPS) is 13.2. The maximum absolute atomic E-state index is 12.8. The van der Waals surface area contributed by atoms with Crippen LogP contribution in [0.25, 0.3) is 0 Å². The van der Waals surface area contributed by atoms with Gasteiger partial charge in [0.05, 0.1) is 40.3 Å². The molecular formula is C51H93NO8. The molecule has 350 valence electrons. The zero-order valence-corrected chi connectivity index (χ0v) is 39.6. The van der Waals surface area contributed by atoms with Crippen LogP contribution < -0.4 is 5.11 Å². The summed E-state index contributed by atoms with van der Waals surface area (Å²) in [5.74, 6) is -2.29. The highest BCUT2D eigenvalue weighted by Gasteiger charge is 2.21. The molecule has 0 aliphatic rings. The van der Waals surface area contributed by atoms with Gasteiger partial charge in [-0.3, -0.25) is 9.59 Å². The molecule has 0 radical (unpaired) electrons. The summed E-state index contributed by atoms with van der Waals surface area (Å²) in [5, 5.41) is 11.7. The Bertz CT molecular complexity index is 1080. The summed E-state index contributed by atoms with van der Waals surface area (Å²) in [4.78, 5) is 37.0. The lowest BCUT2D eigenvalue weighted by atomic mass is 10.0. The van der Waals surface area contributed by atoms with Crippen LogP contribution in [0.1, 0.15) is 213 Å². The third kappa shape index (κ3) is 43.6. The minimum absolute atomic E-state index is 0.146. The van der Waals surface area contributed by atoms with Crippen LogP contribution in [0.15, 0.2) is 36.5 Å². The first kappa shape index (κ1) is 57.5. The average molecular weight is 848 g/mol. The predicted octanol–water partition coefficient (Wildman–Crippen LogP) is 12.1. The lowest BCUT2D eigenvalue weighted by Crippen LogP contribution is -2.44. The fraction of sp³-hybridized carbons (Fsp3) is 0.824.